The number of aliphatic imine (C=N–C) groups is 1. The number of amidine groups is 1. The van der Waals surface area contributed by atoms with Crippen molar-refractivity contribution in [3.63, 3.8) is 0 Å². The summed E-state index contributed by atoms with van der Waals surface area (Å²) in [6.07, 6.45) is 1.82. The van der Waals surface area contributed by atoms with Crippen LogP contribution in [0.3, 0.4) is 0 Å². The number of carbonyl (C=O) groups is 2. The van der Waals surface area contributed by atoms with Gasteiger partial charge in [0, 0.05) is 7.05 Å². The fourth-order valence-electron chi connectivity index (χ4n) is 2.54. The van der Waals surface area contributed by atoms with Crippen molar-refractivity contribution in [2.24, 2.45) is 4.99 Å². The highest BCUT2D eigenvalue weighted by atomic mass is 127. The number of rotatable bonds is 5. The molecule has 0 spiro atoms. The second kappa shape index (κ2) is 9.31. The molecule has 1 saturated heterocycles. The van der Waals surface area contributed by atoms with Gasteiger partial charge in [0.15, 0.2) is 5.17 Å². The lowest BCUT2D eigenvalue weighted by Crippen LogP contribution is -2.23. The minimum atomic E-state index is -0.992. The number of hydrogen-bond acceptors (Lipinski definition) is 5. The van der Waals surface area contributed by atoms with E-state index in [1.807, 2.05) is 25.1 Å². The Morgan fingerprint density at radius 1 is 1.34 bits per heavy atom. The molecule has 0 radical (unpaired) electrons. The number of likely N-dealkylation sites (N-methyl/N-ethyl adjacent to an activating group) is 1. The Hall–Kier alpha value is -1.85. The van der Waals surface area contributed by atoms with Crippen LogP contribution in [-0.4, -0.2) is 40.7 Å². The zero-order chi connectivity index (χ0) is 21.1. The summed E-state index contributed by atoms with van der Waals surface area (Å²) in [6, 6.07) is 10.1. The van der Waals surface area contributed by atoms with Crippen LogP contribution in [0.5, 0.6) is 5.75 Å². The van der Waals surface area contributed by atoms with E-state index in [4.69, 9.17) is 9.84 Å². The van der Waals surface area contributed by atoms with Crippen LogP contribution in [-0.2, 0) is 4.79 Å². The number of amides is 1. The number of carbonyl (C=O) groups excluding carboxylic acids is 1. The summed E-state index contributed by atoms with van der Waals surface area (Å²) in [4.78, 5) is 30.1. The van der Waals surface area contributed by atoms with Crippen molar-refractivity contribution in [1.82, 2.24) is 4.90 Å². The number of halogens is 2. The first-order valence-electron chi connectivity index (χ1n) is 8.51. The van der Waals surface area contributed by atoms with Gasteiger partial charge in [-0.15, -0.1) is 0 Å². The van der Waals surface area contributed by atoms with Crippen molar-refractivity contribution in [2.75, 3.05) is 13.7 Å². The molecular formula is C20H16BrIN2O4S. The highest BCUT2D eigenvalue weighted by molar-refractivity contribution is 14.1. The zero-order valence-corrected chi connectivity index (χ0v) is 20.0. The molecule has 0 unspecified atom stereocenters. The Kier molecular flexibility index (Phi) is 7.01. The molecule has 1 heterocycles. The van der Waals surface area contributed by atoms with Crippen molar-refractivity contribution in [1.29, 1.82) is 0 Å². The van der Waals surface area contributed by atoms with Gasteiger partial charge in [0.25, 0.3) is 5.91 Å². The Labute approximate surface area is 194 Å². The number of benzene rings is 2. The molecule has 3 rings (SSSR count). The number of ether oxygens (including phenoxy) is 1. The largest absolute Gasteiger partial charge is 0.492 e. The summed E-state index contributed by atoms with van der Waals surface area (Å²) in [7, 11) is 1.67. The molecule has 1 fully saturated rings. The maximum absolute atomic E-state index is 12.6. The van der Waals surface area contributed by atoms with Crippen LogP contribution in [0.1, 0.15) is 22.8 Å². The molecule has 1 aliphatic rings. The second-order valence-electron chi connectivity index (χ2n) is 5.97. The van der Waals surface area contributed by atoms with Gasteiger partial charge in [0.1, 0.15) is 5.75 Å². The smallest absolute Gasteiger partial charge is 0.335 e. The van der Waals surface area contributed by atoms with Gasteiger partial charge >= 0.3 is 5.97 Å². The van der Waals surface area contributed by atoms with E-state index in [1.54, 1.807) is 19.2 Å². The summed E-state index contributed by atoms with van der Waals surface area (Å²) in [5.41, 5.74) is 1.64. The third-order valence-corrected chi connectivity index (χ3v) is 6.40. The normalized spacial score (nSPS) is 16.7. The van der Waals surface area contributed by atoms with Crippen LogP contribution in [0.2, 0.25) is 0 Å². The SMILES string of the molecule is CCOc1c(Br)cc(/C=C2\SC(=Nc3ccc(C(=O)O)cc3)N(C)C2=O)cc1I. The van der Waals surface area contributed by atoms with Crippen LogP contribution >= 0.6 is 50.3 Å². The summed E-state index contributed by atoms with van der Waals surface area (Å²) in [6.45, 7) is 2.50. The first-order chi connectivity index (χ1) is 13.8. The molecule has 2 aromatic carbocycles. The summed E-state index contributed by atoms with van der Waals surface area (Å²) < 4.78 is 7.40. The molecular weight excluding hydrogens is 571 g/mol. The summed E-state index contributed by atoms with van der Waals surface area (Å²) in [5, 5.41) is 9.52. The van der Waals surface area contributed by atoms with Crippen molar-refractivity contribution >= 4 is 79.1 Å². The van der Waals surface area contributed by atoms with Gasteiger partial charge in [0.2, 0.25) is 0 Å². The zero-order valence-electron chi connectivity index (χ0n) is 15.5. The van der Waals surface area contributed by atoms with E-state index in [9.17, 15) is 9.59 Å². The lowest BCUT2D eigenvalue weighted by atomic mass is 10.2. The van der Waals surface area contributed by atoms with E-state index in [2.05, 4.69) is 43.5 Å². The number of nitrogens with zero attached hydrogens (tertiary/aromatic N) is 2. The van der Waals surface area contributed by atoms with Crippen molar-refractivity contribution in [3.05, 3.63) is 60.5 Å². The van der Waals surface area contributed by atoms with Gasteiger partial charge in [-0.2, -0.15) is 0 Å². The van der Waals surface area contributed by atoms with Crippen molar-refractivity contribution in [3.8, 4) is 5.75 Å². The maximum Gasteiger partial charge on any atom is 0.335 e. The number of carboxylic acids is 1. The molecule has 6 nitrogen and oxygen atoms in total. The molecule has 2 aromatic rings. The van der Waals surface area contributed by atoms with Crippen LogP contribution in [0.4, 0.5) is 5.69 Å². The molecule has 0 atom stereocenters. The highest BCUT2D eigenvalue weighted by Gasteiger charge is 2.30. The van der Waals surface area contributed by atoms with Gasteiger partial charge in [-0.3, -0.25) is 9.69 Å². The molecule has 0 aliphatic carbocycles. The second-order valence-corrected chi connectivity index (χ2v) is 8.99. The quantitative estimate of drug-likeness (QED) is 0.376. The predicted octanol–water partition coefficient (Wildman–Crippen LogP) is 5.38. The molecule has 1 amide bonds. The molecule has 1 N–H and O–H groups in total. The topological polar surface area (TPSA) is 79.2 Å². The predicted molar refractivity (Wildman–Crippen MR) is 127 cm³/mol. The van der Waals surface area contributed by atoms with E-state index in [1.165, 1.54) is 28.8 Å². The van der Waals surface area contributed by atoms with Gasteiger partial charge in [0.05, 0.1) is 30.8 Å². The lowest BCUT2D eigenvalue weighted by molar-refractivity contribution is -0.121. The highest BCUT2D eigenvalue weighted by Crippen LogP contribution is 2.36. The molecule has 1 aliphatic heterocycles. The maximum atomic E-state index is 12.6. The van der Waals surface area contributed by atoms with Crippen LogP contribution in [0.15, 0.2) is 50.8 Å². The minimum absolute atomic E-state index is 0.143. The van der Waals surface area contributed by atoms with Crippen molar-refractivity contribution < 1.29 is 19.4 Å². The first kappa shape index (κ1) is 21.8. The minimum Gasteiger partial charge on any atom is -0.492 e. The summed E-state index contributed by atoms with van der Waals surface area (Å²) in [5.74, 6) is -0.353. The van der Waals surface area contributed by atoms with E-state index in [0.717, 1.165) is 19.4 Å². The van der Waals surface area contributed by atoms with Crippen LogP contribution in [0.25, 0.3) is 6.08 Å². The monoisotopic (exact) mass is 586 g/mol. The molecule has 29 heavy (non-hydrogen) atoms. The van der Waals surface area contributed by atoms with Gasteiger partial charge in [-0.1, -0.05) is 0 Å². The first-order valence-corrected chi connectivity index (χ1v) is 11.2. The Bertz CT molecular complexity index is 1010. The van der Waals surface area contributed by atoms with Gasteiger partial charge < -0.3 is 9.84 Å². The van der Waals surface area contributed by atoms with E-state index in [0.29, 0.717) is 22.4 Å². The molecule has 0 aromatic heterocycles. The molecule has 150 valence electrons. The number of aromatic carboxylic acids is 1. The fraction of sp³-hybridized carbons (Fsp3) is 0.150. The average Bonchev–Trinajstić information content (AvgIpc) is 2.93. The van der Waals surface area contributed by atoms with E-state index < -0.39 is 5.97 Å². The number of carboxylic acid groups (broad SMARTS) is 1. The lowest BCUT2D eigenvalue weighted by Gasteiger charge is -2.09. The Balaban J connectivity index is 1.87. The molecule has 0 bridgehead atoms. The molecule has 0 saturated carbocycles. The number of thioether (sulfide) groups is 1. The van der Waals surface area contributed by atoms with Gasteiger partial charge in [-0.05, 0) is 105 Å². The third-order valence-electron chi connectivity index (χ3n) is 3.95. The standard InChI is InChI=1S/C20H16BrIN2O4S/c1-3-28-17-14(21)8-11(9-15(17)22)10-16-18(25)24(2)20(29-16)23-13-6-4-12(5-7-13)19(26)27/h4-10H,3H2,1-2H3,(H,26,27)/b16-10-,23-20?. The van der Waals surface area contributed by atoms with E-state index >= 15 is 0 Å². The van der Waals surface area contributed by atoms with E-state index in [-0.39, 0.29) is 11.5 Å². The fourth-order valence-corrected chi connectivity index (χ4v) is 5.29. The Morgan fingerprint density at radius 3 is 2.62 bits per heavy atom. The van der Waals surface area contributed by atoms with Gasteiger partial charge in [-0.25, -0.2) is 9.79 Å². The summed E-state index contributed by atoms with van der Waals surface area (Å²) >= 11 is 7.00. The van der Waals surface area contributed by atoms with Crippen molar-refractivity contribution in [2.45, 2.75) is 6.92 Å². The third kappa shape index (κ3) is 5.01. The molecule has 9 heteroatoms. The van der Waals surface area contributed by atoms with Crippen LogP contribution < -0.4 is 4.74 Å². The Morgan fingerprint density at radius 2 is 2.03 bits per heavy atom. The average molecular weight is 587 g/mol. The number of hydrogen-bond donors (Lipinski definition) is 1. The van der Waals surface area contributed by atoms with Crippen LogP contribution in [0, 0.1) is 3.57 Å².